The minimum absolute atomic E-state index is 0.218. The molecule has 2 rings (SSSR count). The Balaban J connectivity index is 1.98. The molecule has 0 amide bonds. The molecule has 2 aromatic rings. The average Bonchev–Trinajstić information content (AvgIpc) is 2.90. The molecule has 4 heteroatoms. The van der Waals surface area contributed by atoms with Crippen molar-refractivity contribution in [2.75, 3.05) is 12.3 Å². The van der Waals surface area contributed by atoms with E-state index in [4.69, 9.17) is 10.5 Å². The highest BCUT2D eigenvalue weighted by atomic mass is 32.1. The van der Waals surface area contributed by atoms with Crippen LogP contribution in [0.25, 0.3) is 10.1 Å². The van der Waals surface area contributed by atoms with Gasteiger partial charge in [-0.1, -0.05) is 33.1 Å². The minimum Gasteiger partial charge on any atom is -0.461 e. The Morgan fingerprint density at radius 2 is 2.14 bits per heavy atom. The number of hydrogen-bond acceptors (Lipinski definition) is 4. The molecule has 114 valence electrons. The maximum Gasteiger partial charge on any atom is 0.348 e. The number of rotatable bonds is 7. The van der Waals surface area contributed by atoms with Gasteiger partial charge >= 0.3 is 5.97 Å². The van der Waals surface area contributed by atoms with Crippen LogP contribution in [0, 0.1) is 5.92 Å². The number of esters is 1. The Morgan fingerprint density at radius 3 is 2.86 bits per heavy atom. The molecule has 1 aromatic heterocycles. The average molecular weight is 305 g/mol. The van der Waals surface area contributed by atoms with Crippen LogP contribution in [0.5, 0.6) is 0 Å². The van der Waals surface area contributed by atoms with Gasteiger partial charge in [-0.2, -0.15) is 0 Å². The molecule has 0 saturated carbocycles. The van der Waals surface area contributed by atoms with Gasteiger partial charge in [0.2, 0.25) is 0 Å². The molecule has 1 unspecified atom stereocenters. The molecule has 0 aliphatic rings. The van der Waals surface area contributed by atoms with Crippen molar-refractivity contribution in [3.8, 4) is 0 Å². The zero-order chi connectivity index (χ0) is 15.2. The van der Waals surface area contributed by atoms with E-state index in [1.54, 1.807) is 0 Å². The molecule has 1 heterocycles. The Labute approximate surface area is 130 Å². The third-order valence-electron chi connectivity index (χ3n) is 3.73. The number of thiophene rings is 1. The fraction of sp³-hybridized carbons (Fsp3) is 0.471. The standard InChI is InChI=1S/C17H23NO2S/c1-3-5-6-12(4-2)11-20-17(19)16-10-13-9-14(18)7-8-15(13)21-16/h7-10,12H,3-6,11,18H2,1-2H3. The number of nitrogens with two attached hydrogens (primary N) is 1. The number of carbonyl (C=O) groups is 1. The first-order valence-electron chi connectivity index (χ1n) is 7.60. The lowest BCUT2D eigenvalue weighted by Gasteiger charge is -2.14. The van der Waals surface area contributed by atoms with Crippen LogP contribution in [0.15, 0.2) is 24.3 Å². The van der Waals surface area contributed by atoms with Crippen LogP contribution in [0.2, 0.25) is 0 Å². The lowest BCUT2D eigenvalue weighted by atomic mass is 10.0. The van der Waals surface area contributed by atoms with Crippen LogP contribution in [0.4, 0.5) is 5.69 Å². The lowest BCUT2D eigenvalue weighted by Crippen LogP contribution is -2.13. The van der Waals surface area contributed by atoms with Gasteiger partial charge in [-0.05, 0) is 42.0 Å². The van der Waals surface area contributed by atoms with Crippen molar-refractivity contribution in [2.45, 2.75) is 39.5 Å². The molecule has 0 bridgehead atoms. The number of ether oxygens (including phenoxy) is 1. The third-order valence-corrected chi connectivity index (χ3v) is 4.83. The van der Waals surface area contributed by atoms with Crippen molar-refractivity contribution < 1.29 is 9.53 Å². The van der Waals surface area contributed by atoms with Gasteiger partial charge in [-0.3, -0.25) is 0 Å². The summed E-state index contributed by atoms with van der Waals surface area (Å²) in [5.41, 5.74) is 6.47. The van der Waals surface area contributed by atoms with Crippen LogP contribution in [-0.4, -0.2) is 12.6 Å². The van der Waals surface area contributed by atoms with Crippen LogP contribution < -0.4 is 5.73 Å². The molecular formula is C17H23NO2S. The van der Waals surface area contributed by atoms with E-state index < -0.39 is 0 Å². The van der Waals surface area contributed by atoms with Gasteiger partial charge in [-0.15, -0.1) is 11.3 Å². The topological polar surface area (TPSA) is 52.3 Å². The number of nitrogen functional groups attached to an aromatic ring is 1. The molecule has 1 atom stereocenters. The second-order valence-corrected chi connectivity index (χ2v) is 6.51. The van der Waals surface area contributed by atoms with Gasteiger partial charge in [0.15, 0.2) is 0 Å². The van der Waals surface area contributed by atoms with Crippen molar-refractivity contribution in [1.82, 2.24) is 0 Å². The number of hydrogen-bond donors (Lipinski definition) is 1. The van der Waals surface area contributed by atoms with E-state index in [0.717, 1.165) is 22.9 Å². The normalized spacial score (nSPS) is 12.5. The monoisotopic (exact) mass is 305 g/mol. The molecule has 0 aliphatic carbocycles. The van der Waals surface area contributed by atoms with Crippen molar-refractivity contribution in [3.63, 3.8) is 0 Å². The van der Waals surface area contributed by atoms with Crippen LogP contribution in [0.1, 0.15) is 49.2 Å². The molecule has 0 radical (unpaired) electrons. The Morgan fingerprint density at radius 1 is 1.33 bits per heavy atom. The maximum absolute atomic E-state index is 12.2. The van der Waals surface area contributed by atoms with Gasteiger partial charge in [0.05, 0.1) is 6.61 Å². The fourth-order valence-electron chi connectivity index (χ4n) is 2.33. The maximum atomic E-state index is 12.2. The summed E-state index contributed by atoms with van der Waals surface area (Å²) < 4.78 is 6.54. The summed E-state index contributed by atoms with van der Waals surface area (Å²) in [6.07, 6.45) is 4.56. The number of benzene rings is 1. The highest BCUT2D eigenvalue weighted by Gasteiger charge is 2.14. The number of unbranched alkanes of at least 4 members (excludes halogenated alkanes) is 1. The van der Waals surface area contributed by atoms with Crippen molar-refractivity contribution in [3.05, 3.63) is 29.1 Å². The summed E-state index contributed by atoms with van der Waals surface area (Å²) in [5.74, 6) is 0.253. The highest BCUT2D eigenvalue weighted by molar-refractivity contribution is 7.20. The molecule has 3 nitrogen and oxygen atoms in total. The summed E-state index contributed by atoms with van der Waals surface area (Å²) in [6, 6.07) is 7.55. The quantitative estimate of drug-likeness (QED) is 0.587. The summed E-state index contributed by atoms with van der Waals surface area (Å²) in [5, 5.41) is 1.00. The van der Waals surface area contributed by atoms with E-state index in [-0.39, 0.29) is 5.97 Å². The van der Waals surface area contributed by atoms with E-state index in [9.17, 15) is 4.79 Å². The first-order valence-corrected chi connectivity index (χ1v) is 8.41. The first-order chi connectivity index (χ1) is 10.1. The number of fused-ring (bicyclic) bond motifs is 1. The van der Waals surface area contributed by atoms with Gasteiger partial charge in [0, 0.05) is 10.4 Å². The zero-order valence-electron chi connectivity index (χ0n) is 12.7. The summed E-state index contributed by atoms with van der Waals surface area (Å²) in [7, 11) is 0. The predicted molar refractivity (Wildman–Crippen MR) is 89.8 cm³/mol. The van der Waals surface area contributed by atoms with Crippen LogP contribution in [0.3, 0.4) is 0 Å². The van der Waals surface area contributed by atoms with Crippen molar-refractivity contribution in [1.29, 1.82) is 0 Å². The zero-order valence-corrected chi connectivity index (χ0v) is 13.5. The second-order valence-electron chi connectivity index (χ2n) is 5.42. The third kappa shape index (κ3) is 4.21. The molecule has 1 aromatic carbocycles. The first kappa shape index (κ1) is 15.8. The number of anilines is 1. The van der Waals surface area contributed by atoms with Gasteiger partial charge in [0.25, 0.3) is 0 Å². The Kier molecular flexibility index (Phi) is 5.62. The SMILES string of the molecule is CCCCC(CC)COC(=O)c1cc2cc(N)ccc2s1. The second kappa shape index (κ2) is 7.46. The van der Waals surface area contributed by atoms with Crippen molar-refractivity contribution in [2.24, 2.45) is 5.92 Å². The fourth-order valence-corrected chi connectivity index (χ4v) is 3.26. The molecular weight excluding hydrogens is 282 g/mol. The number of carbonyl (C=O) groups excluding carboxylic acids is 1. The van der Waals surface area contributed by atoms with E-state index in [1.165, 1.54) is 24.2 Å². The molecule has 2 N–H and O–H groups in total. The highest BCUT2D eigenvalue weighted by Crippen LogP contribution is 2.28. The molecule has 0 aliphatic heterocycles. The molecule has 0 saturated heterocycles. The largest absolute Gasteiger partial charge is 0.461 e. The van der Waals surface area contributed by atoms with E-state index in [1.807, 2.05) is 24.3 Å². The molecule has 21 heavy (non-hydrogen) atoms. The van der Waals surface area contributed by atoms with Gasteiger partial charge in [-0.25, -0.2) is 4.79 Å². The van der Waals surface area contributed by atoms with Crippen LogP contribution >= 0.6 is 11.3 Å². The predicted octanol–water partition coefficient (Wildman–Crippen LogP) is 4.86. The minimum atomic E-state index is -0.218. The van der Waals surface area contributed by atoms with E-state index in [2.05, 4.69) is 13.8 Å². The van der Waals surface area contributed by atoms with Gasteiger partial charge < -0.3 is 10.5 Å². The van der Waals surface area contributed by atoms with E-state index in [0.29, 0.717) is 23.1 Å². The molecule has 0 spiro atoms. The Bertz CT molecular complexity index is 606. The smallest absolute Gasteiger partial charge is 0.348 e. The Hall–Kier alpha value is -1.55. The summed E-state index contributed by atoms with van der Waals surface area (Å²) >= 11 is 1.46. The van der Waals surface area contributed by atoms with Gasteiger partial charge in [0.1, 0.15) is 4.88 Å². The summed E-state index contributed by atoms with van der Waals surface area (Å²) in [6.45, 7) is 4.85. The lowest BCUT2D eigenvalue weighted by molar-refractivity contribution is 0.0434. The molecule has 0 fully saturated rings. The van der Waals surface area contributed by atoms with Crippen LogP contribution in [-0.2, 0) is 4.74 Å². The van der Waals surface area contributed by atoms with Crippen molar-refractivity contribution >= 4 is 33.1 Å². The van der Waals surface area contributed by atoms with E-state index >= 15 is 0 Å². The summed E-state index contributed by atoms with van der Waals surface area (Å²) in [4.78, 5) is 12.8.